The normalized spacial score (nSPS) is 12.2. The second-order valence-corrected chi connectivity index (χ2v) is 15.1. The fourth-order valence-corrected chi connectivity index (χ4v) is 9.01. The molecule has 3 rings (SSSR count). The smallest absolute Gasteiger partial charge is 0.122 e. The number of aryl methyl sites for hydroxylation is 6. The molecule has 0 aromatic heterocycles. The SMILES string of the molecule is CCCCc1cc(S(Cl)(c2cc(CC)c(O)c(CCCC)c2)c2cc(CC)c(O)c(CCCC)c2)cc(CC)c1O. The number of rotatable bonds is 15. The van der Waals surface area contributed by atoms with Crippen LogP contribution in [-0.4, -0.2) is 15.3 Å². The Balaban J connectivity index is 2.45. The zero-order valence-corrected chi connectivity index (χ0v) is 27.6. The first-order chi connectivity index (χ1) is 19.7. The Bertz CT molecular complexity index is 1160. The van der Waals surface area contributed by atoms with Crippen molar-refractivity contribution in [1.29, 1.82) is 0 Å². The molecule has 0 amide bonds. The molecule has 3 nitrogen and oxygen atoms in total. The number of aromatic hydroxyl groups is 3. The van der Waals surface area contributed by atoms with Crippen molar-refractivity contribution in [3.05, 3.63) is 69.8 Å². The summed E-state index contributed by atoms with van der Waals surface area (Å²) < 4.78 is 0. The largest absolute Gasteiger partial charge is 0.507 e. The molecule has 3 aromatic rings. The van der Waals surface area contributed by atoms with Gasteiger partial charge in [-0.05, 0) is 128 Å². The van der Waals surface area contributed by atoms with Crippen LogP contribution in [0, 0.1) is 0 Å². The second kappa shape index (κ2) is 15.3. The molecule has 0 aliphatic carbocycles. The van der Waals surface area contributed by atoms with Gasteiger partial charge in [-0.3, -0.25) is 0 Å². The van der Waals surface area contributed by atoms with Gasteiger partial charge in [-0.25, -0.2) is 0 Å². The summed E-state index contributed by atoms with van der Waals surface area (Å²) in [7, 11) is 5.79. The number of hydrogen-bond acceptors (Lipinski definition) is 3. The van der Waals surface area contributed by atoms with E-state index in [-0.39, 0.29) is 0 Å². The monoisotopic (exact) mass is 598 g/mol. The molecule has 0 aliphatic rings. The van der Waals surface area contributed by atoms with E-state index in [9.17, 15) is 15.3 Å². The van der Waals surface area contributed by atoms with Crippen molar-refractivity contribution >= 4 is 19.9 Å². The third kappa shape index (κ3) is 7.20. The van der Waals surface area contributed by atoms with Crippen molar-refractivity contribution in [2.45, 2.75) is 133 Å². The van der Waals surface area contributed by atoms with Gasteiger partial charge in [0.1, 0.15) is 17.2 Å². The lowest BCUT2D eigenvalue weighted by molar-refractivity contribution is 0.459. The summed E-state index contributed by atoms with van der Waals surface area (Å²) in [5, 5.41) is 33.5. The molecule has 0 spiro atoms. The van der Waals surface area contributed by atoms with E-state index in [0.717, 1.165) is 106 Å². The van der Waals surface area contributed by atoms with Gasteiger partial charge in [-0.15, -0.1) is 0 Å². The molecule has 0 atom stereocenters. The van der Waals surface area contributed by atoms with Gasteiger partial charge < -0.3 is 15.3 Å². The van der Waals surface area contributed by atoms with Gasteiger partial charge >= 0.3 is 0 Å². The fraction of sp³-hybridized carbons (Fsp3) is 0.500. The van der Waals surface area contributed by atoms with E-state index in [1.165, 1.54) is 0 Å². The van der Waals surface area contributed by atoms with Crippen LogP contribution < -0.4 is 0 Å². The molecule has 0 unspecified atom stereocenters. The van der Waals surface area contributed by atoms with Gasteiger partial charge in [0, 0.05) is 14.7 Å². The highest BCUT2D eigenvalue weighted by Crippen LogP contribution is 2.73. The minimum atomic E-state index is -2.33. The van der Waals surface area contributed by atoms with Crippen molar-refractivity contribution in [3.63, 3.8) is 0 Å². The highest BCUT2D eigenvalue weighted by molar-refractivity contribution is 8.51. The minimum Gasteiger partial charge on any atom is -0.507 e. The highest BCUT2D eigenvalue weighted by Gasteiger charge is 2.33. The van der Waals surface area contributed by atoms with E-state index in [0.29, 0.717) is 36.5 Å². The van der Waals surface area contributed by atoms with Crippen LogP contribution >= 0.6 is 19.9 Å². The van der Waals surface area contributed by atoms with Gasteiger partial charge in [0.15, 0.2) is 0 Å². The first-order valence-corrected chi connectivity index (χ1v) is 18.2. The lowest BCUT2D eigenvalue weighted by atomic mass is 10.0. The number of hydrogen-bond donors (Lipinski definition) is 3. The molecule has 5 heteroatoms. The summed E-state index contributed by atoms with van der Waals surface area (Å²) in [5.74, 6) is 1.15. The summed E-state index contributed by atoms with van der Waals surface area (Å²) in [5.41, 5.74) is 5.56. The van der Waals surface area contributed by atoms with Gasteiger partial charge in [0.2, 0.25) is 0 Å². The molecular weight excluding hydrogens is 548 g/mol. The topological polar surface area (TPSA) is 60.7 Å². The lowest BCUT2D eigenvalue weighted by Crippen LogP contribution is -2.05. The molecule has 0 saturated heterocycles. The molecule has 0 heterocycles. The summed E-state index contributed by atoms with van der Waals surface area (Å²) in [4.78, 5) is 3.01. The first-order valence-electron chi connectivity index (χ1n) is 15.8. The molecule has 41 heavy (non-hydrogen) atoms. The number of phenolic OH excluding ortho intramolecular Hbond substituents is 3. The predicted molar refractivity (Wildman–Crippen MR) is 177 cm³/mol. The van der Waals surface area contributed by atoms with Gasteiger partial charge in [-0.2, -0.15) is 0 Å². The third-order valence-electron chi connectivity index (χ3n) is 8.24. The van der Waals surface area contributed by atoms with Gasteiger partial charge in [0.05, 0.1) is 0 Å². The Morgan fingerprint density at radius 2 is 0.707 bits per heavy atom. The zero-order valence-electron chi connectivity index (χ0n) is 26.1. The Labute approximate surface area is 254 Å². The average Bonchev–Trinajstić information content (AvgIpc) is 2.98. The number of benzene rings is 3. The zero-order chi connectivity index (χ0) is 30.2. The quantitative estimate of drug-likeness (QED) is 0.163. The maximum atomic E-state index is 11.2. The minimum absolute atomic E-state index is 0.385. The molecule has 0 fully saturated rings. The average molecular weight is 599 g/mol. The summed E-state index contributed by atoms with van der Waals surface area (Å²) in [6.07, 6.45) is 10.6. The van der Waals surface area contributed by atoms with Crippen LogP contribution in [0.4, 0.5) is 0 Å². The molecule has 0 bridgehead atoms. The standard InChI is InChI=1S/C36H51ClO3S/c1-7-13-16-28-22-31(19-25(10-4)34(28)38)41(37,32-20-26(11-5)35(39)29(23-32)17-14-8-2)33-21-27(12-6)36(40)30(24-33)18-15-9-3/h19-24,38-40H,7-18H2,1-6H3. The summed E-state index contributed by atoms with van der Waals surface area (Å²) >= 11 is 0. The van der Waals surface area contributed by atoms with Crippen LogP contribution in [0.1, 0.15) is 113 Å². The number of halogens is 1. The molecule has 0 aliphatic heterocycles. The van der Waals surface area contributed by atoms with Crippen LogP contribution in [0.25, 0.3) is 0 Å². The Morgan fingerprint density at radius 3 is 0.927 bits per heavy atom. The lowest BCUT2D eigenvalue weighted by Gasteiger charge is -2.37. The summed E-state index contributed by atoms with van der Waals surface area (Å²) in [6.45, 7) is 12.7. The first kappa shape index (κ1) is 33.2. The van der Waals surface area contributed by atoms with Crippen LogP contribution in [0.15, 0.2) is 51.1 Å². The second-order valence-electron chi connectivity index (χ2n) is 11.2. The van der Waals surface area contributed by atoms with E-state index in [4.69, 9.17) is 10.7 Å². The Morgan fingerprint density at radius 1 is 0.463 bits per heavy atom. The molecule has 226 valence electrons. The van der Waals surface area contributed by atoms with E-state index in [1.807, 2.05) is 0 Å². The predicted octanol–water partition coefficient (Wildman–Crippen LogP) is 11.0. The maximum Gasteiger partial charge on any atom is 0.122 e. The van der Waals surface area contributed by atoms with Crippen LogP contribution in [0.3, 0.4) is 0 Å². The molecule has 0 radical (unpaired) electrons. The summed E-state index contributed by atoms with van der Waals surface area (Å²) in [6, 6.07) is 12.7. The maximum absolute atomic E-state index is 11.2. The van der Waals surface area contributed by atoms with Crippen LogP contribution in [0.5, 0.6) is 17.2 Å². The van der Waals surface area contributed by atoms with Gasteiger partial charge in [0.25, 0.3) is 0 Å². The van der Waals surface area contributed by atoms with E-state index in [1.54, 1.807) is 0 Å². The van der Waals surface area contributed by atoms with E-state index >= 15 is 0 Å². The fourth-order valence-electron chi connectivity index (χ4n) is 5.56. The van der Waals surface area contributed by atoms with Crippen LogP contribution in [-0.2, 0) is 38.5 Å². The highest BCUT2D eigenvalue weighted by atomic mass is 35.7. The van der Waals surface area contributed by atoms with Crippen molar-refractivity contribution in [3.8, 4) is 17.2 Å². The number of phenols is 3. The Kier molecular flexibility index (Phi) is 12.4. The Hall–Kier alpha value is -2.30. The molecule has 0 saturated carbocycles. The van der Waals surface area contributed by atoms with E-state index in [2.05, 4.69) is 77.9 Å². The van der Waals surface area contributed by atoms with Crippen molar-refractivity contribution in [2.75, 3.05) is 0 Å². The van der Waals surface area contributed by atoms with Crippen LogP contribution in [0.2, 0.25) is 0 Å². The van der Waals surface area contributed by atoms with Crippen molar-refractivity contribution in [1.82, 2.24) is 0 Å². The van der Waals surface area contributed by atoms with Crippen molar-refractivity contribution < 1.29 is 15.3 Å². The third-order valence-corrected chi connectivity index (χ3v) is 12.5. The molecule has 3 aromatic carbocycles. The van der Waals surface area contributed by atoms with Gasteiger partial charge in [-0.1, -0.05) is 80.7 Å². The van der Waals surface area contributed by atoms with Crippen molar-refractivity contribution in [2.24, 2.45) is 0 Å². The molecular formula is C36H51ClO3S. The van der Waals surface area contributed by atoms with E-state index < -0.39 is 9.24 Å². The molecule has 3 N–H and O–H groups in total. The number of unbranched alkanes of at least 4 members (excludes halogenated alkanes) is 3.